The number of benzene rings is 1. The molecule has 8 nitrogen and oxygen atoms in total. The van der Waals surface area contributed by atoms with Crippen LogP contribution in [-0.2, 0) is 11.2 Å². The molecule has 0 aliphatic rings. The molecule has 0 atom stereocenters. The number of amides is 3. The van der Waals surface area contributed by atoms with Gasteiger partial charge in [0, 0.05) is 10.4 Å². The maximum Gasteiger partial charge on any atom is 0.269 e. The first kappa shape index (κ1) is 23.2. The number of nitrogens with one attached hydrogen (secondary N) is 3. The van der Waals surface area contributed by atoms with Gasteiger partial charge in [-0.3, -0.25) is 25.2 Å². The van der Waals surface area contributed by atoms with Crippen LogP contribution in [0, 0.1) is 6.92 Å². The third-order valence-electron chi connectivity index (χ3n) is 4.08. The van der Waals surface area contributed by atoms with E-state index in [0.717, 1.165) is 16.9 Å². The summed E-state index contributed by atoms with van der Waals surface area (Å²) in [6, 6.07) is 6.52. The number of hydrazine groups is 1. The lowest BCUT2D eigenvalue weighted by Crippen LogP contribution is -2.46. The maximum absolute atomic E-state index is 12.3. The fourth-order valence-electron chi connectivity index (χ4n) is 2.63. The zero-order valence-corrected chi connectivity index (χ0v) is 18.6. The van der Waals surface area contributed by atoms with Crippen LogP contribution in [0.1, 0.15) is 51.2 Å². The number of hydrogen-bond donors (Lipinski definition) is 3. The first-order valence-electron chi connectivity index (χ1n) is 9.56. The minimum Gasteiger partial charge on any atom is -0.493 e. The van der Waals surface area contributed by atoms with Gasteiger partial charge in [-0.1, -0.05) is 6.92 Å². The van der Waals surface area contributed by atoms with Gasteiger partial charge in [0.15, 0.2) is 11.5 Å². The van der Waals surface area contributed by atoms with Crippen molar-refractivity contribution in [1.29, 1.82) is 0 Å². The van der Waals surface area contributed by atoms with E-state index in [0.29, 0.717) is 16.4 Å². The van der Waals surface area contributed by atoms with E-state index in [4.69, 9.17) is 9.47 Å². The molecule has 1 aromatic carbocycles. The zero-order chi connectivity index (χ0) is 22.3. The van der Waals surface area contributed by atoms with E-state index in [1.807, 2.05) is 27.7 Å². The molecule has 162 valence electrons. The molecule has 9 heteroatoms. The summed E-state index contributed by atoms with van der Waals surface area (Å²) < 4.78 is 10.9. The topological polar surface area (TPSA) is 106 Å². The smallest absolute Gasteiger partial charge is 0.269 e. The number of rotatable bonds is 8. The van der Waals surface area contributed by atoms with Crippen molar-refractivity contribution in [3.8, 4) is 11.5 Å². The molecule has 2 rings (SSSR count). The number of thiophene rings is 1. The van der Waals surface area contributed by atoms with E-state index in [1.165, 1.54) is 24.5 Å². The molecule has 2 aromatic rings. The summed E-state index contributed by atoms with van der Waals surface area (Å²) >= 11 is 1.41. The first-order chi connectivity index (χ1) is 14.2. The number of methoxy groups -OCH3 is 1. The van der Waals surface area contributed by atoms with Crippen LogP contribution >= 0.6 is 11.3 Å². The van der Waals surface area contributed by atoms with Crippen molar-refractivity contribution in [2.45, 2.75) is 40.2 Å². The summed E-state index contributed by atoms with van der Waals surface area (Å²) in [4.78, 5) is 38.1. The average Bonchev–Trinajstić information content (AvgIpc) is 3.10. The molecule has 0 aliphatic carbocycles. The SMILES string of the molecule is CCc1sc(C(=O)NCC(=O)NNC(=O)c2ccc(OC(C)C)c(OC)c2)cc1C. The second-order valence-electron chi connectivity index (χ2n) is 6.79. The lowest BCUT2D eigenvalue weighted by Gasteiger charge is -2.14. The van der Waals surface area contributed by atoms with Crippen LogP contribution in [0.5, 0.6) is 11.5 Å². The van der Waals surface area contributed by atoms with Gasteiger partial charge >= 0.3 is 0 Å². The standard InChI is InChI=1S/C21H27N3O5S/c1-6-17-13(4)9-18(30-17)21(27)22-11-19(25)23-24-20(26)14-7-8-15(29-12(2)3)16(10-14)28-5/h7-10,12H,6,11H2,1-5H3,(H,22,27)(H,23,25)(H,24,26). The minimum atomic E-state index is -0.549. The summed E-state index contributed by atoms with van der Waals surface area (Å²) in [5.74, 6) is -0.466. The molecule has 3 amide bonds. The minimum absolute atomic E-state index is 0.0419. The summed E-state index contributed by atoms with van der Waals surface area (Å²) in [6.45, 7) is 7.48. The molecular formula is C21H27N3O5S. The van der Waals surface area contributed by atoms with Crippen LogP contribution in [0.25, 0.3) is 0 Å². The summed E-state index contributed by atoms with van der Waals surface area (Å²) in [5, 5.41) is 2.54. The molecule has 30 heavy (non-hydrogen) atoms. The number of carbonyl (C=O) groups excluding carboxylic acids is 3. The van der Waals surface area contributed by atoms with E-state index in [2.05, 4.69) is 16.2 Å². The van der Waals surface area contributed by atoms with Gasteiger partial charge in [-0.05, 0) is 57.0 Å². The second-order valence-corrected chi connectivity index (χ2v) is 7.92. The first-order valence-corrected chi connectivity index (χ1v) is 10.4. The van der Waals surface area contributed by atoms with Crippen LogP contribution in [0.4, 0.5) is 0 Å². The van der Waals surface area contributed by atoms with E-state index < -0.39 is 11.8 Å². The Balaban J connectivity index is 1.86. The lowest BCUT2D eigenvalue weighted by atomic mass is 10.2. The Labute approximate surface area is 179 Å². The second kappa shape index (κ2) is 10.6. The predicted octanol–water partition coefficient (Wildman–Crippen LogP) is 2.61. The highest BCUT2D eigenvalue weighted by Gasteiger charge is 2.15. The van der Waals surface area contributed by atoms with Gasteiger partial charge in [0.2, 0.25) is 0 Å². The van der Waals surface area contributed by atoms with Crippen LogP contribution in [0.2, 0.25) is 0 Å². The highest BCUT2D eigenvalue weighted by atomic mass is 32.1. The third-order valence-corrected chi connectivity index (χ3v) is 5.46. The Morgan fingerprint density at radius 2 is 1.80 bits per heavy atom. The average molecular weight is 434 g/mol. The summed E-state index contributed by atoms with van der Waals surface area (Å²) in [6.07, 6.45) is 0.811. The van der Waals surface area contributed by atoms with Crippen molar-refractivity contribution in [2.24, 2.45) is 0 Å². The van der Waals surface area contributed by atoms with E-state index in [1.54, 1.807) is 18.2 Å². The molecule has 0 unspecified atom stereocenters. The van der Waals surface area contributed by atoms with E-state index >= 15 is 0 Å². The van der Waals surface area contributed by atoms with Crippen molar-refractivity contribution >= 4 is 29.1 Å². The largest absolute Gasteiger partial charge is 0.493 e. The van der Waals surface area contributed by atoms with Gasteiger partial charge in [0.05, 0.1) is 24.6 Å². The molecule has 0 bridgehead atoms. The molecule has 0 radical (unpaired) electrons. The number of carbonyl (C=O) groups is 3. The number of aryl methyl sites for hydroxylation is 2. The molecule has 1 heterocycles. The quantitative estimate of drug-likeness (QED) is 0.555. The van der Waals surface area contributed by atoms with Crippen molar-refractivity contribution in [3.63, 3.8) is 0 Å². The third kappa shape index (κ3) is 6.21. The van der Waals surface area contributed by atoms with Crippen molar-refractivity contribution < 1.29 is 23.9 Å². The molecule has 0 aliphatic heterocycles. The fourth-order valence-corrected chi connectivity index (χ4v) is 3.66. The van der Waals surface area contributed by atoms with E-state index in [-0.39, 0.29) is 24.1 Å². The van der Waals surface area contributed by atoms with Crippen molar-refractivity contribution in [3.05, 3.63) is 45.1 Å². The normalized spacial score (nSPS) is 10.5. The molecule has 0 saturated heterocycles. The molecule has 3 N–H and O–H groups in total. The fraction of sp³-hybridized carbons (Fsp3) is 0.381. The highest BCUT2D eigenvalue weighted by Crippen LogP contribution is 2.28. The number of ether oxygens (including phenoxy) is 2. The van der Waals surface area contributed by atoms with Gasteiger partial charge in [-0.15, -0.1) is 11.3 Å². The predicted molar refractivity (Wildman–Crippen MR) is 115 cm³/mol. The molecule has 0 saturated carbocycles. The van der Waals surface area contributed by atoms with Crippen LogP contribution < -0.4 is 25.6 Å². The van der Waals surface area contributed by atoms with Crippen LogP contribution in [-0.4, -0.2) is 37.5 Å². The van der Waals surface area contributed by atoms with Gasteiger partial charge < -0.3 is 14.8 Å². The Bertz CT molecular complexity index is 923. The Hall–Kier alpha value is -3.07. The Kier molecular flexibility index (Phi) is 8.23. The number of hydrogen-bond acceptors (Lipinski definition) is 6. The van der Waals surface area contributed by atoms with Gasteiger partial charge in [-0.25, -0.2) is 0 Å². The lowest BCUT2D eigenvalue weighted by molar-refractivity contribution is -0.120. The monoisotopic (exact) mass is 433 g/mol. The van der Waals surface area contributed by atoms with Crippen LogP contribution in [0.3, 0.4) is 0 Å². The maximum atomic E-state index is 12.3. The highest BCUT2D eigenvalue weighted by molar-refractivity contribution is 7.14. The van der Waals surface area contributed by atoms with Gasteiger partial charge in [-0.2, -0.15) is 0 Å². The van der Waals surface area contributed by atoms with Crippen molar-refractivity contribution in [2.75, 3.05) is 13.7 Å². The Morgan fingerprint density at radius 3 is 2.40 bits per heavy atom. The summed E-state index contributed by atoms with van der Waals surface area (Å²) in [5.41, 5.74) is 5.94. The van der Waals surface area contributed by atoms with Crippen molar-refractivity contribution in [1.82, 2.24) is 16.2 Å². The van der Waals surface area contributed by atoms with E-state index in [9.17, 15) is 14.4 Å². The molecule has 1 aromatic heterocycles. The molecule has 0 fully saturated rings. The zero-order valence-electron chi connectivity index (χ0n) is 17.8. The van der Waals surface area contributed by atoms with Crippen LogP contribution in [0.15, 0.2) is 24.3 Å². The summed E-state index contributed by atoms with van der Waals surface area (Å²) in [7, 11) is 1.48. The van der Waals surface area contributed by atoms with Gasteiger partial charge in [0.1, 0.15) is 0 Å². The Morgan fingerprint density at radius 1 is 1.07 bits per heavy atom. The van der Waals surface area contributed by atoms with Gasteiger partial charge in [0.25, 0.3) is 17.7 Å². The molecular weight excluding hydrogens is 406 g/mol. The molecule has 0 spiro atoms.